The van der Waals surface area contributed by atoms with Crippen molar-refractivity contribution >= 4 is 11.8 Å². The molecule has 9 heteroatoms. The topological polar surface area (TPSA) is 96.9 Å². The molecule has 136 valence electrons. The zero-order valence-corrected chi connectivity index (χ0v) is 13.3. The molecule has 3 N–H and O–H groups in total. The predicted octanol–water partition coefficient (Wildman–Crippen LogP) is 0.654. The molecule has 0 spiro atoms. The Morgan fingerprint density at radius 1 is 1.16 bits per heavy atom. The van der Waals surface area contributed by atoms with E-state index in [1.807, 2.05) is 0 Å². The predicted molar refractivity (Wildman–Crippen MR) is 81.3 cm³/mol. The summed E-state index contributed by atoms with van der Waals surface area (Å²) in [7, 11) is 0. The number of alkyl halides is 2. The number of aliphatic hydroxyl groups excluding tert-OH is 1. The maximum Gasteiger partial charge on any atom is 0.586 e. The van der Waals surface area contributed by atoms with Crippen molar-refractivity contribution in [2.45, 2.75) is 31.0 Å². The van der Waals surface area contributed by atoms with Crippen LogP contribution in [0, 0.1) is 0 Å². The molecule has 1 fully saturated rings. The van der Waals surface area contributed by atoms with Crippen LogP contribution in [0.25, 0.3) is 0 Å². The minimum Gasteiger partial charge on any atom is -0.396 e. The van der Waals surface area contributed by atoms with Crippen molar-refractivity contribution in [3.05, 3.63) is 23.8 Å². The first-order valence-corrected chi connectivity index (χ1v) is 7.92. The van der Waals surface area contributed by atoms with Crippen LogP contribution in [0.15, 0.2) is 18.2 Å². The van der Waals surface area contributed by atoms with Crippen LogP contribution in [0.5, 0.6) is 11.5 Å². The number of fused-ring (bicyclic) bond motifs is 1. The lowest BCUT2D eigenvalue weighted by Crippen LogP contribution is -2.41. The fourth-order valence-electron chi connectivity index (χ4n) is 2.72. The molecule has 2 amide bonds. The second kappa shape index (κ2) is 6.47. The molecule has 0 aromatic heterocycles. The first kappa shape index (κ1) is 17.4. The van der Waals surface area contributed by atoms with Gasteiger partial charge in [0, 0.05) is 13.2 Å². The van der Waals surface area contributed by atoms with Crippen LogP contribution in [0.2, 0.25) is 0 Å². The lowest BCUT2D eigenvalue weighted by molar-refractivity contribution is -0.286. The molecule has 1 heterocycles. The van der Waals surface area contributed by atoms with Crippen LogP contribution < -0.4 is 20.1 Å². The molecule has 0 unspecified atom stereocenters. The van der Waals surface area contributed by atoms with Crippen LogP contribution in [0.1, 0.15) is 24.8 Å². The van der Waals surface area contributed by atoms with Crippen molar-refractivity contribution in [2.75, 3.05) is 19.7 Å². The molecule has 1 aromatic rings. The number of ether oxygens (including phenoxy) is 2. The zero-order chi connectivity index (χ0) is 18.1. The summed E-state index contributed by atoms with van der Waals surface area (Å²) in [5, 5.41) is 13.8. The summed E-state index contributed by atoms with van der Waals surface area (Å²) in [6, 6.07) is 4.28. The molecule has 25 heavy (non-hydrogen) atoms. The van der Waals surface area contributed by atoms with Gasteiger partial charge in [0.2, 0.25) is 11.8 Å². The fraction of sp³-hybridized carbons (Fsp3) is 0.500. The Hall–Kier alpha value is -2.42. The monoisotopic (exact) mass is 356 g/mol. The smallest absolute Gasteiger partial charge is 0.396 e. The number of aliphatic hydroxyl groups is 1. The Morgan fingerprint density at radius 2 is 1.88 bits per heavy atom. The number of carbonyl (C=O) groups excluding carboxylic acids is 2. The Bertz CT molecular complexity index is 691. The molecule has 0 saturated heterocycles. The highest BCUT2D eigenvalue weighted by Gasteiger charge is 2.52. The molecule has 0 atom stereocenters. The average molecular weight is 356 g/mol. The normalized spacial score (nSPS) is 18.5. The highest BCUT2D eigenvalue weighted by Crippen LogP contribution is 2.51. The van der Waals surface area contributed by atoms with Gasteiger partial charge < -0.3 is 25.2 Å². The Morgan fingerprint density at radius 3 is 2.56 bits per heavy atom. The molecule has 1 aliphatic carbocycles. The van der Waals surface area contributed by atoms with Crippen molar-refractivity contribution in [1.82, 2.24) is 10.6 Å². The molecule has 3 rings (SSSR count). The molecular weight excluding hydrogens is 338 g/mol. The molecule has 1 aliphatic heterocycles. The van der Waals surface area contributed by atoms with E-state index in [0.717, 1.165) is 0 Å². The van der Waals surface area contributed by atoms with Crippen LogP contribution in [0.4, 0.5) is 8.78 Å². The molecule has 2 aliphatic rings. The van der Waals surface area contributed by atoms with E-state index in [-0.39, 0.29) is 36.5 Å². The van der Waals surface area contributed by atoms with Gasteiger partial charge >= 0.3 is 6.29 Å². The third kappa shape index (κ3) is 3.65. The summed E-state index contributed by atoms with van der Waals surface area (Å²) in [5.74, 6) is -0.880. The largest absolute Gasteiger partial charge is 0.586 e. The van der Waals surface area contributed by atoms with Gasteiger partial charge in [0.15, 0.2) is 11.5 Å². The standard InChI is InChI=1S/C16H18F2N2O5/c17-16(18)24-11-3-2-10(8-12(11)25-16)15(4-5-15)14(23)20-9-13(22)19-6-1-7-21/h2-3,8,21H,1,4-7,9H2,(H,19,22)(H,20,23). The van der Waals surface area contributed by atoms with E-state index >= 15 is 0 Å². The number of halogens is 2. The maximum atomic E-state index is 13.1. The number of nitrogens with one attached hydrogen (secondary N) is 2. The lowest BCUT2D eigenvalue weighted by atomic mass is 9.94. The van der Waals surface area contributed by atoms with Crippen LogP contribution in [-0.2, 0) is 15.0 Å². The van der Waals surface area contributed by atoms with E-state index in [4.69, 9.17) is 5.11 Å². The summed E-state index contributed by atoms with van der Waals surface area (Å²) in [5.41, 5.74) is -0.285. The first-order valence-electron chi connectivity index (χ1n) is 7.92. The van der Waals surface area contributed by atoms with Gasteiger partial charge in [0.05, 0.1) is 12.0 Å². The second-order valence-corrected chi connectivity index (χ2v) is 6.02. The third-order valence-electron chi connectivity index (χ3n) is 4.21. The first-order chi connectivity index (χ1) is 11.9. The quantitative estimate of drug-likeness (QED) is 0.624. The number of amides is 2. The van der Waals surface area contributed by atoms with Crippen molar-refractivity contribution in [3.8, 4) is 11.5 Å². The van der Waals surface area contributed by atoms with Gasteiger partial charge in [-0.1, -0.05) is 6.07 Å². The minimum absolute atomic E-state index is 0.0289. The molecule has 1 aromatic carbocycles. The molecule has 7 nitrogen and oxygen atoms in total. The molecule has 0 bridgehead atoms. The van der Waals surface area contributed by atoms with E-state index in [1.165, 1.54) is 12.1 Å². The van der Waals surface area contributed by atoms with E-state index in [0.29, 0.717) is 31.4 Å². The van der Waals surface area contributed by atoms with E-state index in [1.54, 1.807) is 6.07 Å². The van der Waals surface area contributed by atoms with Gasteiger partial charge in [-0.05, 0) is 37.0 Å². The molecule has 0 radical (unpaired) electrons. The summed E-state index contributed by atoms with van der Waals surface area (Å²) >= 11 is 0. The van der Waals surface area contributed by atoms with Gasteiger partial charge in [-0.25, -0.2) is 0 Å². The van der Waals surface area contributed by atoms with Gasteiger partial charge in [-0.3, -0.25) is 9.59 Å². The summed E-state index contributed by atoms with van der Waals surface area (Å²) in [6.45, 7) is 0.111. The van der Waals surface area contributed by atoms with E-state index < -0.39 is 11.7 Å². The average Bonchev–Trinajstić information content (AvgIpc) is 3.30. The lowest BCUT2D eigenvalue weighted by Gasteiger charge is -2.16. The van der Waals surface area contributed by atoms with E-state index in [2.05, 4.69) is 20.1 Å². The van der Waals surface area contributed by atoms with Gasteiger partial charge in [-0.15, -0.1) is 8.78 Å². The van der Waals surface area contributed by atoms with Crippen LogP contribution in [0.3, 0.4) is 0 Å². The van der Waals surface area contributed by atoms with Gasteiger partial charge in [0.1, 0.15) is 0 Å². The number of benzene rings is 1. The van der Waals surface area contributed by atoms with Gasteiger partial charge in [0.25, 0.3) is 0 Å². The highest BCUT2D eigenvalue weighted by molar-refractivity contribution is 5.94. The summed E-state index contributed by atoms with van der Waals surface area (Å²) in [6.07, 6.45) is -2.15. The summed E-state index contributed by atoms with van der Waals surface area (Å²) < 4.78 is 34.9. The highest BCUT2D eigenvalue weighted by atomic mass is 19.3. The Labute approximate surface area is 142 Å². The molecular formula is C16H18F2N2O5. The summed E-state index contributed by atoms with van der Waals surface area (Å²) in [4.78, 5) is 24.0. The third-order valence-corrected chi connectivity index (χ3v) is 4.21. The van der Waals surface area contributed by atoms with Crippen molar-refractivity contribution in [1.29, 1.82) is 0 Å². The van der Waals surface area contributed by atoms with E-state index in [9.17, 15) is 18.4 Å². The van der Waals surface area contributed by atoms with Crippen molar-refractivity contribution in [2.24, 2.45) is 0 Å². The van der Waals surface area contributed by atoms with Crippen LogP contribution >= 0.6 is 0 Å². The second-order valence-electron chi connectivity index (χ2n) is 6.02. The van der Waals surface area contributed by atoms with Gasteiger partial charge in [-0.2, -0.15) is 0 Å². The number of carbonyl (C=O) groups is 2. The SMILES string of the molecule is O=C(CNC(=O)C1(c2ccc3c(c2)OC(F)(F)O3)CC1)NCCCO. The molecule has 1 saturated carbocycles. The van der Waals surface area contributed by atoms with Crippen molar-refractivity contribution in [3.63, 3.8) is 0 Å². The number of hydrogen-bond donors (Lipinski definition) is 3. The zero-order valence-electron chi connectivity index (χ0n) is 13.3. The fourth-order valence-corrected chi connectivity index (χ4v) is 2.72. The Balaban J connectivity index is 1.61. The Kier molecular flexibility index (Phi) is 4.51. The number of hydrogen-bond acceptors (Lipinski definition) is 5. The van der Waals surface area contributed by atoms with Crippen LogP contribution in [-0.4, -0.2) is 42.9 Å². The maximum absolute atomic E-state index is 13.1. The van der Waals surface area contributed by atoms with Crippen molar-refractivity contribution < 1.29 is 33.0 Å². The minimum atomic E-state index is -3.70. The number of rotatable bonds is 7.